The molecule has 0 spiro atoms. The van der Waals surface area contributed by atoms with Crippen LogP contribution in [0.5, 0.6) is 0 Å². The normalized spacial score (nSPS) is 22.4. The van der Waals surface area contributed by atoms with Gasteiger partial charge in [-0.05, 0) is 35.6 Å². The summed E-state index contributed by atoms with van der Waals surface area (Å²) in [6, 6.07) is 13.6. The van der Waals surface area contributed by atoms with Gasteiger partial charge in [0, 0.05) is 13.1 Å². The topological polar surface area (TPSA) is 89.9 Å². The molecule has 0 bridgehead atoms. The van der Waals surface area contributed by atoms with E-state index in [0.717, 1.165) is 35.6 Å². The standard InChI is InChI=1S/C23H28N2O4/c26-21(25-14-11-17(15-25)24-22(27)28)20(23(29)12-4-1-5-13-23)19-10-6-8-16-7-2-3-9-18(16)19/h2-3,6-10,17,20,24,29H,1,4-5,11-15H2,(H,27,28)/t17-,20?/m0/s1. The Morgan fingerprint density at radius 3 is 2.55 bits per heavy atom. The van der Waals surface area contributed by atoms with Crippen molar-refractivity contribution in [3.05, 3.63) is 48.0 Å². The summed E-state index contributed by atoms with van der Waals surface area (Å²) in [6.07, 6.45) is 3.64. The first-order valence-electron chi connectivity index (χ1n) is 10.5. The minimum absolute atomic E-state index is 0.0968. The molecule has 1 heterocycles. The number of hydrogen-bond acceptors (Lipinski definition) is 3. The molecular weight excluding hydrogens is 368 g/mol. The van der Waals surface area contributed by atoms with Gasteiger partial charge in [0.1, 0.15) is 0 Å². The number of likely N-dealkylation sites (tertiary alicyclic amines) is 1. The second-order valence-corrected chi connectivity index (χ2v) is 8.38. The first-order chi connectivity index (χ1) is 14.0. The molecule has 1 saturated heterocycles. The molecule has 1 aliphatic heterocycles. The van der Waals surface area contributed by atoms with Crippen LogP contribution in [0.25, 0.3) is 10.8 Å². The number of benzene rings is 2. The average Bonchev–Trinajstić information content (AvgIpc) is 3.16. The van der Waals surface area contributed by atoms with Crippen LogP contribution in [0.4, 0.5) is 4.79 Å². The summed E-state index contributed by atoms with van der Waals surface area (Å²) in [5.74, 6) is -0.738. The summed E-state index contributed by atoms with van der Waals surface area (Å²) in [6.45, 7) is 0.851. The monoisotopic (exact) mass is 396 g/mol. The average molecular weight is 396 g/mol. The number of carbonyl (C=O) groups excluding carboxylic acids is 1. The number of hydrogen-bond donors (Lipinski definition) is 3. The van der Waals surface area contributed by atoms with Crippen molar-refractivity contribution < 1.29 is 19.8 Å². The van der Waals surface area contributed by atoms with Crippen molar-refractivity contribution in [2.45, 2.75) is 56.1 Å². The van der Waals surface area contributed by atoms with Gasteiger partial charge in [0.05, 0.1) is 17.6 Å². The Morgan fingerprint density at radius 2 is 1.79 bits per heavy atom. The summed E-state index contributed by atoms with van der Waals surface area (Å²) in [4.78, 5) is 26.4. The van der Waals surface area contributed by atoms with E-state index in [2.05, 4.69) is 5.32 Å². The van der Waals surface area contributed by atoms with Crippen molar-refractivity contribution in [2.24, 2.45) is 0 Å². The van der Waals surface area contributed by atoms with Crippen molar-refractivity contribution in [3.63, 3.8) is 0 Å². The van der Waals surface area contributed by atoms with E-state index in [-0.39, 0.29) is 11.9 Å². The van der Waals surface area contributed by atoms with Crippen LogP contribution in [0.1, 0.15) is 50.0 Å². The fourth-order valence-electron chi connectivity index (χ4n) is 5.04. The molecule has 2 amide bonds. The molecule has 0 aromatic heterocycles. The van der Waals surface area contributed by atoms with E-state index in [0.29, 0.717) is 32.4 Å². The zero-order chi connectivity index (χ0) is 20.4. The highest BCUT2D eigenvalue weighted by molar-refractivity contribution is 5.94. The molecule has 2 aromatic rings. The maximum Gasteiger partial charge on any atom is 0.404 e. The Hall–Kier alpha value is -2.60. The predicted octanol–water partition coefficient (Wildman–Crippen LogP) is 3.49. The summed E-state index contributed by atoms with van der Waals surface area (Å²) >= 11 is 0. The Morgan fingerprint density at radius 1 is 1.07 bits per heavy atom. The van der Waals surface area contributed by atoms with Gasteiger partial charge < -0.3 is 20.4 Å². The van der Waals surface area contributed by atoms with Gasteiger partial charge in [-0.3, -0.25) is 4.79 Å². The van der Waals surface area contributed by atoms with Gasteiger partial charge in [-0.2, -0.15) is 0 Å². The smallest absolute Gasteiger partial charge is 0.404 e. The number of nitrogens with zero attached hydrogens (tertiary/aromatic N) is 1. The van der Waals surface area contributed by atoms with Gasteiger partial charge in [-0.15, -0.1) is 0 Å². The van der Waals surface area contributed by atoms with Gasteiger partial charge >= 0.3 is 6.09 Å². The number of aliphatic hydroxyl groups is 1. The molecule has 2 atom stereocenters. The molecule has 2 fully saturated rings. The molecule has 154 valence electrons. The van der Waals surface area contributed by atoms with Crippen molar-refractivity contribution in [1.29, 1.82) is 0 Å². The van der Waals surface area contributed by atoms with Crippen LogP contribution in [-0.4, -0.2) is 51.8 Å². The van der Waals surface area contributed by atoms with E-state index >= 15 is 0 Å². The Labute approximate surface area is 170 Å². The van der Waals surface area contributed by atoms with Crippen LogP contribution in [0.15, 0.2) is 42.5 Å². The lowest BCUT2D eigenvalue weighted by Crippen LogP contribution is -2.48. The molecule has 1 unspecified atom stereocenters. The first-order valence-corrected chi connectivity index (χ1v) is 10.5. The number of carbonyl (C=O) groups is 2. The van der Waals surface area contributed by atoms with Crippen LogP contribution >= 0.6 is 0 Å². The molecule has 6 nitrogen and oxygen atoms in total. The van der Waals surface area contributed by atoms with Gasteiger partial charge in [0.2, 0.25) is 5.91 Å². The lowest BCUT2D eigenvalue weighted by molar-refractivity contribution is -0.140. The fourth-order valence-corrected chi connectivity index (χ4v) is 5.04. The zero-order valence-electron chi connectivity index (χ0n) is 16.5. The highest BCUT2D eigenvalue weighted by Gasteiger charge is 2.46. The molecule has 1 saturated carbocycles. The molecule has 0 radical (unpaired) electrons. The van der Waals surface area contributed by atoms with Crippen LogP contribution < -0.4 is 5.32 Å². The third kappa shape index (κ3) is 3.94. The summed E-state index contributed by atoms with van der Waals surface area (Å²) in [7, 11) is 0. The van der Waals surface area contributed by atoms with Crippen molar-refractivity contribution in [3.8, 4) is 0 Å². The quantitative estimate of drug-likeness (QED) is 0.738. The largest absolute Gasteiger partial charge is 0.465 e. The lowest BCUT2D eigenvalue weighted by atomic mass is 9.71. The van der Waals surface area contributed by atoms with E-state index in [1.54, 1.807) is 4.90 Å². The molecule has 3 N–H and O–H groups in total. The lowest BCUT2D eigenvalue weighted by Gasteiger charge is -2.40. The number of carboxylic acid groups (broad SMARTS) is 1. The van der Waals surface area contributed by atoms with Gasteiger partial charge in [-0.25, -0.2) is 4.79 Å². The minimum Gasteiger partial charge on any atom is -0.465 e. The SMILES string of the molecule is O=C(O)N[C@H]1CCN(C(=O)C(c2cccc3ccccc23)C2(O)CCCCC2)C1. The number of nitrogens with one attached hydrogen (secondary N) is 1. The third-order valence-electron chi connectivity index (χ3n) is 6.47. The maximum atomic E-state index is 13.7. The second-order valence-electron chi connectivity index (χ2n) is 8.38. The first kappa shape index (κ1) is 19.7. The second kappa shape index (κ2) is 8.03. The molecule has 6 heteroatoms. The van der Waals surface area contributed by atoms with E-state index in [1.807, 2.05) is 42.5 Å². The number of rotatable bonds is 4. The fraction of sp³-hybridized carbons (Fsp3) is 0.478. The van der Waals surface area contributed by atoms with Crippen LogP contribution in [-0.2, 0) is 4.79 Å². The number of amides is 2. The molecule has 1 aliphatic carbocycles. The van der Waals surface area contributed by atoms with E-state index in [1.165, 1.54) is 0 Å². The summed E-state index contributed by atoms with van der Waals surface area (Å²) in [5, 5.41) is 25.2. The molecular formula is C23H28N2O4. The van der Waals surface area contributed by atoms with Gasteiger partial charge in [0.15, 0.2) is 0 Å². The van der Waals surface area contributed by atoms with Crippen molar-refractivity contribution in [2.75, 3.05) is 13.1 Å². The van der Waals surface area contributed by atoms with Crippen molar-refractivity contribution in [1.82, 2.24) is 10.2 Å². The van der Waals surface area contributed by atoms with Crippen LogP contribution in [0.3, 0.4) is 0 Å². The minimum atomic E-state index is -1.07. The Balaban J connectivity index is 1.71. The molecule has 2 aromatic carbocycles. The van der Waals surface area contributed by atoms with E-state index in [9.17, 15) is 14.7 Å². The van der Waals surface area contributed by atoms with E-state index in [4.69, 9.17) is 5.11 Å². The Kier molecular flexibility index (Phi) is 5.46. The zero-order valence-corrected chi connectivity index (χ0v) is 16.5. The van der Waals surface area contributed by atoms with Crippen LogP contribution in [0, 0.1) is 0 Å². The maximum absolute atomic E-state index is 13.7. The Bertz CT molecular complexity index is 901. The molecule has 29 heavy (non-hydrogen) atoms. The number of fused-ring (bicyclic) bond motifs is 1. The predicted molar refractivity (Wildman–Crippen MR) is 111 cm³/mol. The summed E-state index contributed by atoms with van der Waals surface area (Å²) < 4.78 is 0. The van der Waals surface area contributed by atoms with Gasteiger partial charge in [0.25, 0.3) is 0 Å². The summed E-state index contributed by atoms with van der Waals surface area (Å²) in [5.41, 5.74) is -0.204. The molecule has 4 rings (SSSR count). The molecule has 2 aliphatic rings. The van der Waals surface area contributed by atoms with Crippen molar-refractivity contribution >= 4 is 22.8 Å². The highest BCUT2D eigenvalue weighted by Crippen LogP contribution is 2.43. The van der Waals surface area contributed by atoms with Gasteiger partial charge in [-0.1, -0.05) is 61.7 Å². The third-order valence-corrected chi connectivity index (χ3v) is 6.47. The van der Waals surface area contributed by atoms with Crippen LogP contribution in [0.2, 0.25) is 0 Å². The van der Waals surface area contributed by atoms with E-state index < -0.39 is 17.6 Å². The highest BCUT2D eigenvalue weighted by atomic mass is 16.4.